The lowest BCUT2D eigenvalue weighted by Crippen LogP contribution is -2.19. The molecule has 0 atom stereocenters. The number of amidine groups is 1. The average molecular weight is 418 g/mol. The number of amides is 1. The summed E-state index contributed by atoms with van der Waals surface area (Å²) in [6.07, 6.45) is 1.93. The van der Waals surface area contributed by atoms with Crippen molar-refractivity contribution in [3.63, 3.8) is 0 Å². The van der Waals surface area contributed by atoms with Crippen molar-refractivity contribution < 1.29 is 9.53 Å². The molecule has 3 aromatic rings. The lowest BCUT2D eigenvalue weighted by atomic mass is 10.2. The Balaban J connectivity index is 1.68. The van der Waals surface area contributed by atoms with Gasteiger partial charge < -0.3 is 14.6 Å². The van der Waals surface area contributed by atoms with Gasteiger partial charge in [-0.2, -0.15) is 0 Å². The molecule has 4 rings (SSSR count). The number of para-hydroxylation sites is 3. The quantitative estimate of drug-likeness (QED) is 0.586. The molecule has 0 spiro atoms. The first-order valence-corrected chi connectivity index (χ1v) is 10.5. The molecule has 1 N–H and O–H groups in total. The van der Waals surface area contributed by atoms with Gasteiger partial charge in [0.05, 0.1) is 23.4 Å². The van der Waals surface area contributed by atoms with E-state index in [1.54, 1.807) is 7.11 Å². The van der Waals surface area contributed by atoms with E-state index in [1.807, 2.05) is 75.4 Å². The number of aromatic nitrogens is 1. The summed E-state index contributed by atoms with van der Waals surface area (Å²) in [5.41, 5.74) is 6.01. The zero-order chi connectivity index (χ0) is 21.3. The number of aliphatic imine (C=N–C) groups is 1. The minimum Gasteiger partial charge on any atom is -0.495 e. The topological polar surface area (TPSA) is 55.6 Å². The monoisotopic (exact) mass is 417 g/mol. The van der Waals surface area contributed by atoms with E-state index in [9.17, 15) is 4.79 Å². The molecule has 0 saturated carbocycles. The zero-order valence-electron chi connectivity index (χ0n) is 17.4. The van der Waals surface area contributed by atoms with Crippen LogP contribution < -0.4 is 10.1 Å². The van der Waals surface area contributed by atoms with Gasteiger partial charge >= 0.3 is 0 Å². The maximum absolute atomic E-state index is 12.5. The molecule has 2 heterocycles. The Morgan fingerprint density at radius 2 is 1.80 bits per heavy atom. The molecule has 152 valence electrons. The number of benzene rings is 2. The molecule has 0 radical (unpaired) electrons. The number of thioether (sulfide) groups is 1. The summed E-state index contributed by atoms with van der Waals surface area (Å²) < 4.78 is 7.67. The summed E-state index contributed by atoms with van der Waals surface area (Å²) in [6, 6.07) is 17.9. The second-order valence-corrected chi connectivity index (χ2v) is 8.13. The van der Waals surface area contributed by atoms with Gasteiger partial charge in [0.15, 0.2) is 5.17 Å². The molecule has 1 aromatic heterocycles. The maximum atomic E-state index is 12.5. The molecule has 0 aliphatic carbocycles. The number of carbonyl (C=O) groups excluding carboxylic acids is 1. The second kappa shape index (κ2) is 8.24. The summed E-state index contributed by atoms with van der Waals surface area (Å²) in [7, 11) is 1.67. The number of nitrogens with one attached hydrogen (secondary N) is 1. The Morgan fingerprint density at radius 1 is 1.07 bits per heavy atom. The number of hydrogen-bond acceptors (Lipinski definition) is 4. The van der Waals surface area contributed by atoms with E-state index in [0.717, 1.165) is 39.6 Å². The van der Waals surface area contributed by atoms with Gasteiger partial charge in [0.25, 0.3) is 5.91 Å². The molecule has 0 unspecified atom stereocenters. The van der Waals surface area contributed by atoms with Gasteiger partial charge in [0, 0.05) is 11.4 Å². The van der Waals surface area contributed by atoms with Crippen molar-refractivity contribution in [3.8, 4) is 11.4 Å². The van der Waals surface area contributed by atoms with Crippen LogP contribution in [0.1, 0.15) is 22.5 Å². The number of aryl methyl sites for hydroxylation is 2. The van der Waals surface area contributed by atoms with Crippen LogP contribution in [0.15, 0.2) is 64.5 Å². The number of ether oxygens (including phenoxy) is 1. The fourth-order valence-corrected chi connectivity index (χ4v) is 4.36. The van der Waals surface area contributed by atoms with Crippen LogP contribution in [0.4, 0.5) is 5.69 Å². The van der Waals surface area contributed by atoms with Gasteiger partial charge in [0.2, 0.25) is 0 Å². The Bertz CT molecular complexity index is 1190. The molecule has 30 heavy (non-hydrogen) atoms. The van der Waals surface area contributed by atoms with Crippen molar-refractivity contribution in [2.75, 3.05) is 7.11 Å². The van der Waals surface area contributed by atoms with E-state index in [2.05, 4.69) is 20.9 Å². The number of carbonyl (C=O) groups is 1. The summed E-state index contributed by atoms with van der Waals surface area (Å²) in [4.78, 5) is 17.8. The smallest absolute Gasteiger partial charge is 0.264 e. The number of hydrogen-bond donors (Lipinski definition) is 1. The van der Waals surface area contributed by atoms with Crippen LogP contribution >= 0.6 is 11.8 Å². The molecular weight excluding hydrogens is 394 g/mol. The Kier molecular flexibility index (Phi) is 5.50. The van der Waals surface area contributed by atoms with Gasteiger partial charge in [-0.05, 0) is 74.0 Å². The van der Waals surface area contributed by atoms with E-state index in [4.69, 9.17) is 4.74 Å². The third kappa shape index (κ3) is 3.78. The SMILES string of the molecule is COc1ccccc1-n1c(C)cc(C=C2SC(=Nc3ccccc3C)NC2=O)c1C. The molecule has 5 nitrogen and oxygen atoms in total. The molecule has 1 aliphatic rings. The Labute approximate surface area is 180 Å². The van der Waals surface area contributed by atoms with Crippen LogP contribution in [0.5, 0.6) is 5.75 Å². The largest absolute Gasteiger partial charge is 0.495 e. The zero-order valence-corrected chi connectivity index (χ0v) is 18.2. The number of nitrogens with zero attached hydrogens (tertiary/aromatic N) is 2. The molecule has 2 aromatic carbocycles. The summed E-state index contributed by atoms with van der Waals surface area (Å²) in [6.45, 7) is 6.10. The fraction of sp³-hybridized carbons (Fsp3) is 0.167. The first-order chi connectivity index (χ1) is 14.5. The summed E-state index contributed by atoms with van der Waals surface area (Å²) >= 11 is 1.36. The van der Waals surface area contributed by atoms with Crippen LogP contribution in [0.25, 0.3) is 11.8 Å². The highest BCUT2D eigenvalue weighted by Crippen LogP contribution is 2.32. The number of methoxy groups -OCH3 is 1. The molecule has 1 fully saturated rings. The van der Waals surface area contributed by atoms with Crippen molar-refractivity contribution >= 4 is 34.6 Å². The maximum Gasteiger partial charge on any atom is 0.264 e. The minimum atomic E-state index is -0.130. The third-order valence-electron chi connectivity index (χ3n) is 5.07. The lowest BCUT2D eigenvalue weighted by Gasteiger charge is -2.13. The predicted octanol–water partition coefficient (Wildman–Crippen LogP) is 5.30. The Morgan fingerprint density at radius 3 is 2.57 bits per heavy atom. The fourth-order valence-electron chi connectivity index (χ4n) is 3.54. The van der Waals surface area contributed by atoms with E-state index < -0.39 is 0 Å². The first-order valence-electron chi connectivity index (χ1n) is 9.65. The predicted molar refractivity (Wildman–Crippen MR) is 124 cm³/mol. The number of rotatable bonds is 4. The van der Waals surface area contributed by atoms with E-state index in [0.29, 0.717) is 10.1 Å². The van der Waals surface area contributed by atoms with E-state index >= 15 is 0 Å². The highest BCUT2D eigenvalue weighted by Gasteiger charge is 2.25. The minimum absolute atomic E-state index is 0.130. The van der Waals surface area contributed by atoms with Crippen LogP contribution in [0.3, 0.4) is 0 Å². The van der Waals surface area contributed by atoms with Crippen LogP contribution in [0, 0.1) is 20.8 Å². The second-order valence-electron chi connectivity index (χ2n) is 7.10. The molecular formula is C24H23N3O2S. The van der Waals surface area contributed by atoms with Gasteiger partial charge in [-0.1, -0.05) is 30.3 Å². The van der Waals surface area contributed by atoms with Gasteiger partial charge in [-0.15, -0.1) is 0 Å². The lowest BCUT2D eigenvalue weighted by molar-refractivity contribution is -0.115. The first kappa shape index (κ1) is 20.0. The van der Waals surface area contributed by atoms with E-state index in [1.165, 1.54) is 11.8 Å². The highest BCUT2D eigenvalue weighted by atomic mass is 32.2. The van der Waals surface area contributed by atoms with Crippen LogP contribution in [0.2, 0.25) is 0 Å². The summed E-state index contributed by atoms with van der Waals surface area (Å²) in [5, 5.41) is 3.47. The van der Waals surface area contributed by atoms with Crippen molar-refractivity contribution in [1.82, 2.24) is 9.88 Å². The van der Waals surface area contributed by atoms with Crippen molar-refractivity contribution in [3.05, 3.63) is 82.0 Å². The average Bonchev–Trinajstić information content (AvgIpc) is 3.22. The van der Waals surface area contributed by atoms with Crippen molar-refractivity contribution in [2.24, 2.45) is 4.99 Å². The highest BCUT2D eigenvalue weighted by molar-refractivity contribution is 8.18. The molecule has 6 heteroatoms. The molecule has 1 saturated heterocycles. The Hall–Kier alpha value is -3.25. The van der Waals surface area contributed by atoms with Crippen LogP contribution in [-0.2, 0) is 4.79 Å². The van der Waals surface area contributed by atoms with E-state index in [-0.39, 0.29) is 5.91 Å². The van der Waals surface area contributed by atoms with Crippen molar-refractivity contribution in [1.29, 1.82) is 0 Å². The van der Waals surface area contributed by atoms with Gasteiger partial charge in [-0.3, -0.25) is 4.79 Å². The standard InChI is InChI=1S/C24H23N3O2S/c1-15-9-5-6-10-19(15)25-24-26-23(28)22(30-24)14-18-13-16(2)27(17(18)3)20-11-7-8-12-21(20)29-4/h5-14H,1-4H3,(H,25,26,28). The molecule has 1 amide bonds. The van der Waals surface area contributed by atoms with Gasteiger partial charge in [0.1, 0.15) is 5.75 Å². The molecule has 1 aliphatic heterocycles. The molecule has 0 bridgehead atoms. The van der Waals surface area contributed by atoms with Crippen LogP contribution in [-0.4, -0.2) is 22.8 Å². The van der Waals surface area contributed by atoms with Gasteiger partial charge in [-0.25, -0.2) is 4.99 Å². The normalized spacial score (nSPS) is 16.3. The van der Waals surface area contributed by atoms with Crippen molar-refractivity contribution in [2.45, 2.75) is 20.8 Å². The summed E-state index contributed by atoms with van der Waals surface area (Å²) in [5.74, 6) is 0.675. The third-order valence-corrected chi connectivity index (χ3v) is 5.98.